The predicted octanol–water partition coefficient (Wildman–Crippen LogP) is 5.09. The van der Waals surface area contributed by atoms with Gasteiger partial charge >= 0.3 is 5.97 Å². The number of carbonyl (C=O) groups is 1. The van der Waals surface area contributed by atoms with Gasteiger partial charge in [0.15, 0.2) is 0 Å². The van der Waals surface area contributed by atoms with E-state index in [4.69, 9.17) is 9.15 Å². The molecule has 0 aliphatic heterocycles. The second kappa shape index (κ2) is 6.84. The Hall–Kier alpha value is -2.33. The molecule has 1 aromatic heterocycles. The maximum absolute atomic E-state index is 11.5. The number of furan rings is 1. The number of carbonyl (C=O) groups excluding carboxylic acids is 1. The van der Waals surface area contributed by atoms with Gasteiger partial charge in [0.1, 0.15) is 0 Å². The molecule has 0 aliphatic rings. The van der Waals surface area contributed by atoms with Gasteiger partial charge in [-0.1, -0.05) is 40.2 Å². The van der Waals surface area contributed by atoms with Crippen LogP contribution >= 0.6 is 15.9 Å². The van der Waals surface area contributed by atoms with Gasteiger partial charge in [-0.2, -0.15) is 0 Å². The highest BCUT2D eigenvalue weighted by molar-refractivity contribution is 9.10. The van der Waals surface area contributed by atoms with Crippen molar-refractivity contribution in [1.82, 2.24) is 0 Å². The van der Waals surface area contributed by atoms with Crippen LogP contribution in [0.25, 0.3) is 11.1 Å². The van der Waals surface area contributed by atoms with Crippen LogP contribution in [0.3, 0.4) is 0 Å². The van der Waals surface area contributed by atoms with Crippen molar-refractivity contribution in [2.75, 3.05) is 7.11 Å². The molecule has 0 amide bonds. The van der Waals surface area contributed by atoms with Crippen LogP contribution in [-0.4, -0.2) is 13.1 Å². The molecule has 0 spiro atoms. The Morgan fingerprint density at radius 3 is 2.39 bits per heavy atom. The summed E-state index contributed by atoms with van der Waals surface area (Å²) in [5, 5.41) is 0. The molecule has 0 saturated carbocycles. The Morgan fingerprint density at radius 1 is 1.04 bits per heavy atom. The van der Waals surface area contributed by atoms with Crippen molar-refractivity contribution in [3.8, 4) is 11.1 Å². The van der Waals surface area contributed by atoms with E-state index >= 15 is 0 Å². The third kappa shape index (κ3) is 3.54. The number of esters is 1. The van der Waals surface area contributed by atoms with Crippen LogP contribution in [0.2, 0.25) is 0 Å². The van der Waals surface area contributed by atoms with Gasteiger partial charge in [0.2, 0.25) is 0 Å². The highest BCUT2D eigenvalue weighted by Gasteiger charge is 2.10. The first-order chi connectivity index (χ1) is 11.2. The molecule has 3 aromatic rings. The Labute approximate surface area is 143 Å². The van der Waals surface area contributed by atoms with Gasteiger partial charge in [-0.3, -0.25) is 0 Å². The lowest BCUT2D eigenvalue weighted by atomic mass is 9.99. The lowest BCUT2D eigenvalue weighted by Crippen LogP contribution is -2.01. The molecule has 4 heteroatoms. The van der Waals surface area contributed by atoms with Gasteiger partial charge in [0.25, 0.3) is 0 Å². The van der Waals surface area contributed by atoms with Crippen LogP contribution in [0, 0.1) is 0 Å². The standard InChI is InChI=1S/C19H15BrO3/c1-22-19(21)15-4-2-13(3-5-15)10-16-11-23-12-18(16)14-6-8-17(20)9-7-14/h2-9,11-12H,10H2,1H3. The molecule has 23 heavy (non-hydrogen) atoms. The number of hydrogen-bond donors (Lipinski definition) is 0. The largest absolute Gasteiger partial charge is 0.472 e. The first-order valence-corrected chi connectivity index (χ1v) is 7.95. The summed E-state index contributed by atoms with van der Waals surface area (Å²) in [4.78, 5) is 11.5. The molecule has 0 saturated heterocycles. The number of rotatable bonds is 4. The molecule has 0 N–H and O–H groups in total. The topological polar surface area (TPSA) is 39.4 Å². The number of methoxy groups -OCH3 is 1. The fraction of sp³-hybridized carbons (Fsp3) is 0.105. The van der Waals surface area contributed by atoms with Gasteiger partial charge in [0.05, 0.1) is 25.2 Å². The first-order valence-electron chi connectivity index (χ1n) is 7.15. The van der Waals surface area contributed by atoms with Crippen LogP contribution in [0.1, 0.15) is 21.5 Å². The summed E-state index contributed by atoms with van der Waals surface area (Å²) in [6.07, 6.45) is 4.27. The highest BCUT2D eigenvalue weighted by atomic mass is 79.9. The van der Waals surface area contributed by atoms with Crippen molar-refractivity contribution < 1.29 is 13.9 Å². The maximum atomic E-state index is 11.5. The SMILES string of the molecule is COC(=O)c1ccc(Cc2cocc2-c2ccc(Br)cc2)cc1. The zero-order chi connectivity index (χ0) is 16.2. The van der Waals surface area contributed by atoms with E-state index in [1.165, 1.54) is 7.11 Å². The summed E-state index contributed by atoms with van der Waals surface area (Å²) in [5.74, 6) is -0.324. The van der Waals surface area contributed by atoms with Gasteiger partial charge in [-0.25, -0.2) is 4.79 Å². The highest BCUT2D eigenvalue weighted by Crippen LogP contribution is 2.28. The summed E-state index contributed by atoms with van der Waals surface area (Å²) < 4.78 is 11.2. The van der Waals surface area contributed by atoms with E-state index in [1.807, 2.05) is 24.3 Å². The van der Waals surface area contributed by atoms with E-state index in [9.17, 15) is 4.79 Å². The monoisotopic (exact) mass is 370 g/mol. The average molecular weight is 371 g/mol. The van der Waals surface area contributed by atoms with E-state index in [0.717, 1.165) is 33.1 Å². The summed E-state index contributed by atoms with van der Waals surface area (Å²) in [5.41, 5.74) is 4.96. The van der Waals surface area contributed by atoms with Crippen molar-refractivity contribution in [2.24, 2.45) is 0 Å². The second-order valence-electron chi connectivity index (χ2n) is 5.18. The predicted molar refractivity (Wildman–Crippen MR) is 92.4 cm³/mol. The lowest BCUT2D eigenvalue weighted by molar-refractivity contribution is 0.0600. The van der Waals surface area contributed by atoms with E-state index in [1.54, 1.807) is 24.7 Å². The number of benzene rings is 2. The summed E-state index contributed by atoms with van der Waals surface area (Å²) in [7, 11) is 1.38. The van der Waals surface area contributed by atoms with Crippen molar-refractivity contribution in [2.45, 2.75) is 6.42 Å². The van der Waals surface area contributed by atoms with Crippen LogP contribution in [0.5, 0.6) is 0 Å². The Bertz CT molecular complexity index is 801. The quantitative estimate of drug-likeness (QED) is 0.600. The molecular weight excluding hydrogens is 356 g/mol. The molecule has 3 nitrogen and oxygen atoms in total. The number of ether oxygens (including phenoxy) is 1. The Kier molecular flexibility index (Phi) is 4.63. The van der Waals surface area contributed by atoms with Gasteiger partial charge in [-0.05, 0) is 35.4 Å². The molecule has 0 unspecified atom stereocenters. The normalized spacial score (nSPS) is 10.5. The molecular formula is C19H15BrO3. The molecule has 0 fully saturated rings. The lowest BCUT2D eigenvalue weighted by Gasteiger charge is -2.05. The molecule has 1 heterocycles. The van der Waals surface area contributed by atoms with E-state index in [2.05, 4.69) is 28.1 Å². The average Bonchev–Trinajstić information content (AvgIpc) is 3.03. The van der Waals surface area contributed by atoms with E-state index in [0.29, 0.717) is 5.56 Å². The number of hydrogen-bond acceptors (Lipinski definition) is 3. The van der Waals surface area contributed by atoms with Crippen molar-refractivity contribution in [1.29, 1.82) is 0 Å². The maximum Gasteiger partial charge on any atom is 0.337 e. The van der Waals surface area contributed by atoms with Crippen LogP contribution in [0.4, 0.5) is 0 Å². The first kappa shape index (κ1) is 15.6. The van der Waals surface area contributed by atoms with Gasteiger partial charge in [-0.15, -0.1) is 0 Å². The molecule has 3 rings (SSSR count). The zero-order valence-electron chi connectivity index (χ0n) is 12.6. The van der Waals surface area contributed by atoms with E-state index < -0.39 is 0 Å². The zero-order valence-corrected chi connectivity index (χ0v) is 14.2. The summed E-state index contributed by atoms with van der Waals surface area (Å²) in [6, 6.07) is 15.6. The minimum atomic E-state index is -0.324. The molecule has 0 atom stereocenters. The molecule has 0 radical (unpaired) electrons. The summed E-state index contributed by atoms with van der Waals surface area (Å²) in [6.45, 7) is 0. The van der Waals surface area contributed by atoms with Crippen molar-refractivity contribution in [3.05, 3.63) is 82.2 Å². The van der Waals surface area contributed by atoms with Crippen LogP contribution in [-0.2, 0) is 11.2 Å². The fourth-order valence-corrected chi connectivity index (χ4v) is 2.70. The minimum absolute atomic E-state index is 0.324. The van der Waals surface area contributed by atoms with Crippen molar-refractivity contribution in [3.63, 3.8) is 0 Å². The summed E-state index contributed by atoms with van der Waals surface area (Å²) >= 11 is 3.44. The molecule has 0 aliphatic carbocycles. The second-order valence-corrected chi connectivity index (χ2v) is 6.10. The number of halogens is 1. The molecule has 2 aromatic carbocycles. The van der Waals surface area contributed by atoms with Gasteiger partial charge in [0, 0.05) is 22.0 Å². The smallest absolute Gasteiger partial charge is 0.337 e. The van der Waals surface area contributed by atoms with Gasteiger partial charge < -0.3 is 9.15 Å². The fourth-order valence-electron chi connectivity index (χ4n) is 2.44. The molecule has 116 valence electrons. The Morgan fingerprint density at radius 2 is 1.74 bits per heavy atom. The van der Waals surface area contributed by atoms with Crippen molar-refractivity contribution >= 4 is 21.9 Å². The van der Waals surface area contributed by atoms with E-state index in [-0.39, 0.29) is 5.97 Å². The van der Waals surface area contributed by atoms with Crippen LogP contribution < -0.4 is 0 Å². The minimum Gasteiger partial charge on any atom is -0.472 e. The van der Waals surface area contributed by atoms with Crippen LogP contribution in [0.15, 0.2) is 69.9 Å². The third-order valence-corrected chi connectivity index (χ3v) is 4.20. The Balaban J connectivity index is 1.83. The molecule has 0 bridgehead atoms. The third-order valence-electron chi connectivity index (χ3n) is 3.67.